The van der Waals surface area contributed by atoms with Gasteiger partial charge in [0.05, 0.1) is 0 Å². The van der Waals surface area contributed by atoms with E-state index < -0.39 is 5.97 Å². The van der Waals surface area contributed by atoms with Crippen LogP contribution in [0.5, 0.6) is 0 Å². The van der Waals surface area contributed by atoms with E-state index in [2.05, 4.69) is 52.4 Å². The Balaban J connectivity index is 1.69. The molecule has 0 radical (unpaired) electrons. The Morgan fingerprint density at radius 3 is 2.77 bits per heavy atom. The molecule has 0 amide bonds. The molecule has 1 fully saturated rings. The Kier molecular flexibility index (Phi) is 6.56. The summed E-state index contributed by atoms with van der Waals surface area (Å²) in [5.74, 6) is -0.185. The lowest BCUT2D eigenvalue weighted by Crippen LogP contribution is -2.25. The smallest absolute Gasteiger partial charge is 0.303 e. The van der Waals surface area contributed by atoms with E-state index in [4.69, 9.17) is 5.11 Å². The second-order valence-corrected chi connectivity index (χ2v) is 6.88. The van der Waals surface area contributed by atoms with Crippen LogP contribution in [0.25, 0.3) is 0 Å². The molecule has 3 rings (SSSR count). The molecule has 2 aromatic rings. The van der Waals surface area contributed by atoms with Gasteiger partial charge in [0.1, 0.15) is 0 Å². The van der Waals surface area contributed by atoms with Crippen LogP contribution < -0.4 is 0 Å². The summed E-state index contributed by atoms with van der Waals surface area (Å²) in [6.45, 7) is 1.98. The Morgan fingerprint density at radius 1 is 1.19 bits per heavy atom. The van der Waals surface area contributed by atoms with E-state index in [1.54, 1.807) is 0 Å². The summed E-state index contributed by atoms with van der Waals surface area (Å²) in [5, 5.41) is 8.74. The molecule has 4 nitrogen and oxygen atoms in total. The van der Waals surface area contributed by atoms with Gasteiger partial charge < -0.3 is 5.11 Å². The maximum atomic E-state index is 10.6. The van der Waals surface area contributed by atoms with Gasteiger partial charge in [-0.25, -0.2) is 0 Å². The van der Waals surface area contributed by atoms with E-state index in [1.165, 1.54) is 11.1 Å². The van der Waals surface area contributed by atoms with Gasteiger partial charge >= 0.3 is 5.97 Å². The van der Waals surface area contributed by atoms with Crippen molar-refractivity contribution in [1.82, 2.24) is 9.88 Å². The van der Waals surface area contributed by atoms with Crippen molar-refractivity contribution in [3.63, 3.8) is 0 Å². The fourth-order valence-corrected chi connectivity index (χ4v) is 3.81. The largest absolute Gasteiger partial charge is 0.481 e. The Morgan fingerprint density at radius 2 is 2.04 bits per heavy atom. The minimum atomic E-state index is -0.736. The zero-order chi connectivity index (χ0) is 18.2. The van der Waals surface area contributed by atoms with Crippen LogP contribution in [0.2, 0.25) is 0 Å². The minimum Gasteiger partial charge on any atom is -0.481 e. The first-order valence-electron chi connectivity index (χ1n) is 9.28. The highest BCUT2D eigenvalue weighted by atomic mass is 16.4. The number of benzene rings is 1. The SMILES string of the molecule is O=C(O)CCC=CC[C@H]1CCN(Cc2cccnc2)[C@H]1c1ccccc1. The highest BCUT2D eigenvalue weighted by Gasteiger charge is 2.34. The zero-order valence-corrected chi connectivity index (χ0v) is 15.0. The Labute approximate surface area is 155 Å². The molecule has 1 aliphatic heterocycles. The maximum absolute atomic E-state index is 10.6. The molecule has 1 aromatic carbocycles. The second-order valence-electron chi connectivity index (χ2n) is 6.88. The first-order chi connectivity index (χ1) is 12.7. The van der Waals surface area contributed by atoms with Crippen molar-refractivity contribution in [1.29, 1.82) is 0 Å². The van der Waals surface area contributed by atoms with Gasteiger partial charge in [0.15, 0.2) is 0 Å². The third-order valence-corrected chi connectivity index (χ3v) is 5.01. The van der Waals surface area contributed by atoms with Gasteiger partial charge in [-0.2, -0.15) is 0 Å². The number of allylic oxidation sites excluding steroid dienone is 2. The van der Waals surface area contributed by atoms with E-state index in [1.807, 2.05) is 24.5 Å². The fraction of sp³-hybridized carbons (Fsp3) is 0.364. The highest BCUT2D eigenvalue weighted by Crippen LogP contribution is 2.40. The molecule has 0 aliphatic carbocycles. The standard InChI is InChI=1S/C22H26N2O2/c25-21(26)12-6-2-5-11-20-13-15-24(17-18-8-7-14-23-16-18)22(20)19-9-3-1-4-10-19/h1-5,7-10,14,16,20,22H,6,11-13,15,17H2,(H,25,26)/t20-,22-/m0/s1. The number of pyridine rings is 1. The summed E-state index contributed by atoms with van der Waals surface area (Å²) in [5.41, 5.74) is 2.60. The van der Waals surface area contributed by atoms with E-state index in [-0.39, 0.29) is 6.42 Å². The fourth-order valence-electron chi connectivity index (χ4n) is 3.81. The molecule has 136 valence electrons. The molecule has 4 heteroatoms. The van der Waals surface area contributed by atoms with Crippen molar-refractivity contribution in [2.45, 2.75) is 38.3 Å². The second kappa shape index (κ2) is 9.30. The molecular formula is C22H26N2O2. The Bertz CT molecular complexity index is 715. The number of carbonyl (C=O) groups is 1. The van der Waals surface area contributed by atoms with E-state index in [0.717, 1.165) is 25.9 Å². The summed E-state index contributed by atoms with van der Waals surface area (Å²) in [4.78, 5) is 17.4. The zero-order valence-electron chi connectivity index (χ0n) is 15.0. The van der Waals surface area contributed by atoms with Crippen molar-refractivity contribution in [2.24, 2.45) is 5.92 Å². The normalized spacial score (nSPS) is 20.6. The third-order valence-electron chi connectivity index (χ3n) is 5.01. The molecule has 0 saturated carbocycles. The predicted molar refractivity (Wildman–Crippen MR) is 103 cm³/mol. The minimum absolute atomic E-state index is 0.205. The van der Waals surface area contributed by atoms with Crippen LogP contribution in [0.4, 0.5) is 0 Å². The summed E-state index contributed by atoms with van der Waals surface area (Å²) in [7, 11) is 0. The van der Waals surface area contributed by atoms with Gasteiger partial charge in [0, 0.05) is 31.4 Å². The van der Waals surface area contributed by atoms with Crippen LogP contribution in [0.3, 0.4) is 0 Å². The lowest BCUT2D eigenvalue weighted by atomic mass is 9.90. The molecule has 0 bridgehead atoms. The van der Waals surface area contributed by atoms with Gasteiger partial charge in [0.25, 0.3) is 0 Å². The number of nitrogens with zero attached hydrogens (tertiary/aromatic N) is 2. The summed E-state index contributed by atoms with van der Waals surface area (Å²) >= 11 is 0. The number of carboxylic acid groups (broad SMARTS) is 1. The van der Waals surface area contributed by atoms with Gasteiger partial charge in [-0.1, -0.05) is 48.6 Å². The van der Waals surface area contributed by atoms with E-state index >= 15 is 0 Å². The number of aliphatic carboxylic acids is 1. The molecule has 2 atom stereocenters. The van der Waals surface area contributed by atoms with Crippen molar-refractivity contribution in [3.8, 4) is 0 Å². The van der Waals surface area contributed by atoms with Crippen molar-refractivity contribution < 1.29 is 9.90 Å². The van der Waals surface area contributed by atoms with Crippen molar-refractivity contribution in [3.05, 3.63) is 78.1 Å². The van der Waals surface area contributed by atoms with Crippen LogP contribution in [-0.4, -0.2) is 27.5 Å². The molecule has 0 spiro atoms. The average molecular weight is 350 g/mol. The maximum Gasteiger partial charge on any atom is 0.303 e. The predicted octanol–water partition coefficient (Wildman–Crippen LogP) is 4.46. The Hall–Kier alpha value is -2.46. The van der Waals surface area contributed by atoms with Crippen LogP contribution in [0.1, 0.15) is 42.9 Å². The van der Waals surface area contributed by atoms with Crippen LogP contribution in [-0.2, 0) is 11.3 Å². The molecular weight excluding hydrogens is 324 g/mol. The number of hydrogen-bond donors (Lipinski definition) is 1. The van der Waals surface area contributed by atoms with Crippen molar-refractivity contribution in [2.75, 3.05) is 6.54 Å². The first kappa shape index (κ1) is 18.3. The van der Waals surface area contributed by atoms with Crippen molar-refractivity contribution >= 4 is 5.97 Å². The number of carboxylic acids is 1. The molecule has 1 aliphatic rings. The van der Waals surface area contributed by atoms with Gasteiger partial charge in [-0.3, -0.25) is 14.7 Å². The van der Waals surface area contributed by atoms with Crippen LogP contribution >= 0.6 is 0 Å². The van der Waals surface area contributed by atoms with E-state index in [9.17, 15) is 4.79 Å². The number of hydrogen-bond acceptors (Lipinski definition) is 3. The number of likely N-dealkylation sites (tertiary alicyclic amines) is 1. The van der Waals surface area contributed by atoms with Gasteiger partial charge in [0.2, 0.25) is 0 Å². The summed E-state index contributed by atoms with van der Waals surface area (Å²) in [6.07, 6.45) is 10.9. The van der Waals surface area contributed by atoms with Crippen LogP contribution in [0.15, 0.2) is 67.0 Å². The lowest BCUT2D eigenvalue weighted by molar-refractivity contribution is -0.136. The highest BCUT2D eigenvalue weighted by molar-refractivity contribution is 5.66. The molecule has 1 aromatic heterocycles. The molecule has 1 saturated heterocycles. The summed E-state index contributed by atoms with van der Waals surface area (Å²) < 4.78 is 0. The number of aromatic nitrogens is 1. The third kappa shape index (κ3) is 5.02. The molecule has 2 heterocycles. The summed E-state index contributed by atoms with van der Waals surface area (Å²) in [6, 6.07) is 15.2. The lowest BCUT2D eigenvalue weighted by Gasteiger charge is -2.28. The number of rotatable bonds is 8. The van der Waals surface area contributed by atoms with Gasteiger partial charge in [-0.05, 0) is 48.9 Å². The van der Waals surface area contributed by atoms with Gasteiger partial charge in [-0.15, -0.1) is 0 Å². The first-order valence-corrected chi connectivity index (χ1v) is 9.28. The quantitative estimate of drug-likeness (QED) is 0.714. The monoisotopic (exact) mass is 350 g/mol. The molecule has 1 N–H and O–H groups in total. The molecule has 26 heavy (non-hydrogen) atoms. The van der Waals surface area contributed by atoms with E-state index in [0.29, 0.717) is 18.4 Å². The van der Waals surface area contributed by atoms with Crippen LogP contribution in [0, 0.1) is 5.92 Å². The average Bonchev–Trinajstić information content (AvgIpc) is 3.05. The topological polar surface area (TPSA) is 53.4 Å². The molecule has 0 unspecified atom stereocenters.